The van der Waals surface area contributed by atoms with E-state index in [0.29, 0.717) is 47.5 Å². The monoisotopic (exact) mass is 486 g/mol. The molecule has 0 atom stereocenters. The van der Waals surface area contributed by atoms with Crippen LogP contribution in [0, 0.1) is 0 Å². The third kappa shape index (κ3) is 5.58. The second-order valence-corrected chi connectivity index (χ2v) is 9.75. The third-order valence-electron chi connectivity index (χ3n) is 5.07. The molecule has 4 rings (SSSR count). The Balaban J connectivity index is 1.44. The Hall–Kier alpha value is -3.23. The Kier molecular flexibility index (Phi) is 6.76. The number of hydrogen-bond donors (Lipinski definition) is 1. The molecule has 0 fully saturated rings. The van der Waals surface area contributed by atoms with Crippen LogP contribution in [0.15, 0.2) is 71.6 Å². The van der Waals surface area contributed by atoms with Crippen LogP contribution in [0.2, 0.25) is 5.02 Å². The first kappa shape index (κ1) is 22.9. The molecule has 3 aromatic carbocycles. The Bertz CT molecular complexity index is 1260. The number of ether oxygens (including phenoxy) is 2. The van der Waals surface area contributed by atoms with Crippen molar-refractivity contribution in [3.05, 3.63) is 82.9 Å². The first-order valence-corrected chi connectivity index (χ1v) is 12.2. The average Bonchev–Trinajstić information content (AvgIpc) is 3.04. The number of rotatable bonds is 6. The summed E-state index contributed by atoms with van der Waals surface area (Å²) in [4.78, 5) is 14.4. The van der Waals surface area contributed by atoms with Crippen molar-refractivity contribution in [1.82, 2.24) is 4.90 Å². The Morgan fingerprint density at radius 1 is 1.00 bits per heavy atom. The van der Waals surface area contributed by atoms with Gasteiger partial charge in [0.25, 0.3) is 15.9 Å². The van der Waals surface area contributed by atoms with E-state index in [9.17, 15) is 13.2 Å². The molecular formula is C24H23ClN2O5S. The number of nitrogens with one attached hydrogen (secondary N) is 1. The van der Waals surface area contributed by atoms with Crippen molar-refractivity contribution in [2.45, 2.75) is 17.9 Å². The predicted molar refractivity (Wildman–Crippen MR) is 127 cm³/mol. The molecule has 0 bridgehead atoms. The predicted octanol–water partition coefficient (Wildman–Crippen LogP) is 4.57. The summed E-state index contributed by atoms with van der Waals surface area (Å²) in [6, 6.07) is 18.1. The molecule has 3 aromatic rings. The molecule has 0 aliphatic carbocycles. The SMILES string of the molecule is CN(Cc1cccc(Cl)c1)C(=O)c1ccc(NS(=O)(=O)c2ccc3c(c2)OCCCO3)cc1. The molecule has 0 spiro atoms. The van der Waals surface area contributed by atoms with Crippen LogP contribution in [0.25, 0.3) is 0 Å². The van der Waals surface area contributed by atoms with Gasteiger partial charge in [0.05, 0.1) is 18.1 Å². The summed E-state index contributed by atoms with van der Waals surface area (Å²) in [6.45, 7) is 1.39. The van der Waals surface area contributed by atoms with Crippen molar-refractivity contribution in [3.63, 3.8) is 0 Å². The standard InChI is InChI=1S/C24H23ClN2O5S/c1-27(16-17-4-2-5-19(25)14-17)24(28)18-6-8-20(9-7-18)26-33(29,30)21-10-11-22-23(15-21)32-13-3-12-31-22/h2,4-11,14-15,26H,3,12-13,16H2,1H3. The van der Waals surface area contributed by atoms with E-state index >= 15 is 0 Å². The minimum absolute atomic E-state index is 0.0631. The van der Waals surface area contributed by atoms with Gasteiger partial charge in [-0.1, -0.05) is 23.7 Å². The van der Waals surface area contributed by atoms with Crippen molar-refractivity contribution in [3.8, 4) is 11.5 Å². The number of nitrogens with zero attached hydrogens (tertiary/aromatic N) is 1. The lowest BCUT2D eigenvalue weighted by atomic mass is 10.1. The quantitative estimate of drug-likeness (QED) is 0.551. The van der Waals surface area contributed by atoms with Gasteiger partial charge < -0.3 is 14.4 Å². The van der Waals surface area contributed by atoms with E-state index in [-0.39, 0.29) is 10.8 Å². The lowest BCUT2D eigenvalue weighted by molar-refractivity contribution is 0.0785. The maximum Gasteiger partial charge on any atom is 0.262 e. The van der Waals surface area contributed by atoms with Crippen LogP contribution >= 0.6 is 11.6 Å². The van der Waals surface area contributed by atoms with Crippen LogP contribution in [-0.4, -0.2) is 39.5 Å². The van der Waals surface area contributed by atoms with Crippen molar-refractivity contribution >= 4 is 33.2 Å². The summed E-state index contributed by atoms with van der Waals surface area (Å²) < 4.78 is 39.3. The van der Waals surface area contributed by atoms with E-state index in [1.165, 1.54) is 12.1 Å². The topological polar surface area (TPSA) is 84.9 Å². The molecule has 172 valence electrons. The van der Waals surface area contributed by atoms with E-state index in [4.69, 9.17) is 21.1 Å². The van der Waals surface area contributed by atoms with Gasteiger partial charge in [0.1, 0.15) is 0 Å². The van der Waals surface area contributed by atoms with E-state index in [2.05, 4.69) is 4.72 Å². The van der Waals surface area contributed by atoms with E-state index in [0.717, 1.165) is 12.0 Å². The summed E-state index contributed by atoms with van der Waals surface area (Å²) in [5.41, 5.74) is 1.70. The summed E-state index contributed by atoms with van der Waals surface area (Å²) in [6.07, 6.45) is 0.731. The number of amides is 1. The molecule has 0 radical (unpaired) electrons. The Morgan fingerprint density at radius 2 is 1.73 bits per heavy atom. The Labute approximate surface area is 197 Å². The number of hydrogen-bond acceptors (Lipinski definition) is 5. The van der Waals surface area contributed by atoms with Crippen LogP contribution in [0.3, 0.4) is 0 Å². The minimum atomic E-state index is -3.85. The van der Waals surface area contributed by atoms with Gasteiger partial charge >= 0.3 is 0 Å². The normalized spacial score (nSPS) is 13.2. The first-order valence-electron chi connectivity index (χ1n) is 10.3. The van der Waals surface area contributed by atoms with Crippen LogP contribution in [0.5, 0.6) is 11.5 Å². The number of benzene rings is 3. The Morgan fingerprint density at radius 3 is 2.45 bits per heavy atom. The van der Waals surface area contributed by atoms with Gasteiger partial charge in [-0.3, -0.25) is 9.52 Å². The summed E-state index contributed by atoms with van der Waals surface area (Å²) in [5, 5.41) is 0.610. The van der Waals surface area contributed by atoms with Crippen molar-refractivity contribution in [2.24, 2.45) is 0 Å². The molecule has 0 saturated carbocycles. The van der Waals surface area contributed by atoms with E-state index in [1.807, 2.05) is 18.2 Å². The molecule has 33 heavy (non-hydrogen) atoms. The van der Waals surface area contributed by atoms with E-state index in [1.54, 1.807) is 48.3 Å². The molecule has 9 heteroatoms. The highest BCUT2D eigenvalue weighted by Gasteiger charge is 2.19. The summed E-state index contributed by atoms with van der Waals surface area (Å²) >= 11 is 6.01. The average molecular weight is 487 g/mol. The fraction of sp³-hybridized carbons (Fsp3) is 0.208. The number of anilines is 1. The second kappa shape index (κ2) is 9.72. The molecule has 1 aliphatic rings. The van der Waals surface area contributed by atoms with Gasteiger partial charge in [-0.25, -0.2) is 8.42 Å². The smallest absolute Gasteiger partial charge is 0.262 e. The molecule has 7 nitrogen and oxygen atoms in total. The molecule has 0 saturated heterocycles. The third-order valence-corrected chi connectivity index (χ3v) is 6.68. The van der Waals surface area contributed by atoms with Crippen molar-refractivity contribution in [2.75, 3.05) is 25.0 Å². The zero-order valence-corrected chi connectivity index (χ0v) is 19.5. The number of carbonyl (C=O) groups is 1. The highest BCUT2D eigenvalue weighted by molar-refractivity contribution is 7.92. The molecular weight excluding hydrogens is 464 g/mol. The van der Waals surface area contributed by atoms with Gasteiger partial charge in [0.15, 0.2) is 11.5 Å². The number of carbonyl (C=O) groups excluding carboxylic acids is 1. The maximum atomic E-state index is 12.8. The van der Waals surface area contributed by atoms with Crippen molar-refractivity contribution in [1.29, 1.82) is 0 Å². The van der Waals surface area contributed by atoms with E-state index < -0.39 is 10.0 Å². The largest absolute Gasteiger partial charge is 0.490 e. The number of fused-ring (bicyclic) bond motifs is 1. The zero-order chi connectivity index (χ0) is 23.4. The van der Waals surface area contributed by atoms with Gasteiger partial charge in [-0.15, -0.1) is 0 Å². The van der Waals surface area contributed by atoms with Gasteiger partial charge in [0.2, 0.25) is 0 Å². The second-order valence-electron chi connectivity index (χ2n) is 7.63. The lowest BCUT2D eigenvalue weighted by Gasteiger charge is -2.18. The van der Waals surface area contributed by atoms with Crippen LogP contribution in [0.1, 0.15) is 22.3 Å². The van der Waals surface area contributed by atoms with Crippen molar-refractivity contribution < 1.29 is 22.7 Å². The maximum absolute atomic E-state index is 12.8. The van der Waals surface area contributed by atoms with Gasteiger partial charge in [-0.2, -0.15) is 0 Å². The molecule has 1 aliphatic heterocycles. The highest BCUT2D eigenvalue weighted by Crippen LogP contribution is 2.32. The number of sulfonamides is 1. The molecule has 0 aromatic heterocycles. The molecule has 1 N–H and O–H groups in total. The summed E-state index contributed by atoms with van der Waals surface area (Å²) in [5.74, 6) is 0.738. The van der Waals surface area contributed by atoms with Crippen LogP contribution in [-0.2, 0) is 16.6 Å². The molecule has 1 amide bonds. The fourth-order valence-electron chi connectivity index (χ4n) is 3.41. The summed E-state index contributed by atoms with van der Waals surface area (Å²) in [7, 11) is -2.15. The first-order chi connectivity index (χ1) is 15.8. The molecule has 1 heterocycles. The zero-order valence-electron chi connectivity index (χ0n) is 18.0. The van der Waals surface area contributed by atoms with Crippen LogP contribution in [0.4, 0.5) is 5.69 Å². The lowest BCUT2D eigenvalue weighted by Crippen LogP contribution is -2.26. The van der Waals surface area contributed by atoms with Gasteiger partial charge in [-0.05, 0) is 54.1 Å². The highest BCUT2D eigenvalue weighted by atomic mass is 35.5. The fourth-order valence-corrected chi connectivity index (χ4v) is 4.69. The molecule has 0 unspecified atom stereocenters. The van der Waals surface area contributed by atoms with Gasteiger partial charge in [0, 0.05) is 42.4 Å². The number of halogens is 1. The van der Waals surface area contributed by atoms with Crippen LogP contribution < -0.4 is 14.2 Å². The minimum Gasteiger partial charge on any atom is -0.490 e.